The summed E-state index contributed by atoms with van der Waals surface area (Å²) < 4.78 is 13.4. The van der Waals surface area contributed by atoms with Gasteiger partial charge in [0, 0.05) is 26.6 Å². The minimum absolute atomic E-state index is 0.112. The maximum atomic E-state index is 12.7. The molecule has 1 heterocycles. The second-order valence-corrected chi connectivity index (χ2v) is 9.34. The highest BCUT2D eigenvalue weighted by Crippen LogP contribution is 2.36. The highest BCUT2D eigenvalue weighted by atomic mass is 79.9. The minimum atomic E-state index is -2.83. The largest absolute Gasteiger partial charge is 0.346 e. The van der Waals surface area contributed by atoms with Gasteiger partial charge < -0.3 is 10.2 Å². The van der Waals surface area contributed by atoms with E-state index in [0.29, 0.717) is 5.02 Å². The summed E-state index contributed by atoms with van der Waals surface area (Å²) in [5.74, 6) is -1.05. The van der Waals surface area contributed by atoms with Crippen LogP contribution in [0.4, 0.5) is 0 Å². The van der Waals surface area contributed by atoms with Crippen molar-refractivity contribution < 1.29 is 14.3 Å². The van der Waals surface area contributed by atoms with Crippen LogP contribution in [0.25, 0.3) is 16.2 Å². The van der Waals surface area contributed by atoms with Gasteiger partial charge in [-0.25, -0.2) is 0 Å². The number of carbonyl (C=O) groups is 1. The molecule has 0 spiro atoms. The highest BCUT2D eigenvalue weighted by molar-refractivity contribution is 9.10. The Kier molecular flexibility index (Phi) is 6.90. The number of fused-ring (bicyclic) bond motifs is 1. The molecule has 27 heavy (non-hydrogen) atoms. The lowest BCUT2D eigenvalue weighted by molar-refractivity contribution is -0.121. The molecule has 0 aliphatic carbocycles. The van der Waals surface area contributed by atoms with E-state index in [-0.39, 0.29) is 12.1 Å². The van der Waals surface area contributed by atoms with Crippen LogP contribution in [0.15, 0.2) is 58.5 Å². The van der Waals surface area contributed by atoms with Crippen LogP contribution < -0.4 is 5.32 Å². The molecule has 3 rings (SSSR count). The van der Waals surface area contributed by atoms with Gasteiger partial charge in [0.25, 0.3) is 0 Å². The fourth-order valence-electron chi connectivity index (χ4n) is 2.74. The lowest BCUT2D eigenvalue weighted by atomic mass is 9.99. The van der Waals surface area contributed by atoms with Crippen LogP contribution in [0.1, 0.15) is 17.0 Å². The van der Waals surface area contributed by atoms with E-state index >= 15 is 0 Å². The Morgan fingerprint density at radius 1 is 1.33 bits per heavy atom. The zero-order valence-corrected chi connectivity index (χ0v) is 18.1. The second kappa shape index (κ2) is 9.18. The molecule has 140 valence electrons. The fourth-order valence-corrected chi connectivity index (χ4v) is 5.08. The summed E-state index contributed by atoms with van der Waals surface area (Å²) in [4.78, 5) is 22.2. The molecule has 2 aromatic carbocycles. The lowest BCUT2D eigenvalue weighted by Gasteiger charge is -2.14. The van der Waals surface area contributed by atoms with Crippen molar-refractivity contribution in [1.82, 2.24) is 5.32 Å². The van der Waals surface area contributed by atoms with Gasteiger partial charge in [0.2, 0.25) is 5.91 Å². The molecule has 0 fully saturated rings. The van der Waals surface area contributed by atoms with E-state index in [9.17, 15) is 14.3 Å². The average molecular weight is 485 g/mol. The molecule has 0 bridgehead atoms. The number of carbonyl (C=O) groups excluding carboxylic acids is 1. The summed E-state index contributed by atoms with van der Waals surface area (Å²) in [5.41, 5.74) is 1.64. The first-order valence-electron chi connectivity index (χ1n) is 8.05. The number of halogens is 2. The van der Waals surface area contributed by atoms with E-state index in [2.05, 4.69) is 21.2 Å². The lowest BCUT2D eigenvalue weighted by Crippen LogP contribution is -2.26. The molecule has 1 amide bonds. The number of nitrogens with one attached hydrogen (secondary N) is 1. The smallest absolute Gasteiger partial charge is 0.232 e. The van der Waals surface area contributed by atoms with Crippen molar-refractivity contribution in [2.75, 3.05) is 6.16 Å². The number of thiophene rings is 1. The fraction of sp³-hybridized carbons (Fsp3) is 0.105. The molecule has 0 saturated carbocycles. The van der Waals surface area contributed by atoms with Crippen LogP contribution in [-0.2, 0) is 9.36 Å². The Morgan fingerprint density at radius 3 is 2.89 bits per heavy atom. The molecule has 0 radical (unpaired) electrons. The van der Waals surface area contributed by atoms with Gasteiger partial charge in [-0.3, -0.25) is 9.36 Å². The molecule has 2 N–H and O–H groups in total. The first-order chi connectivity index (χ1) is 12.9. The predicted octanol–water partition coefficient (Wildman–Crippen LogP) is 5.65. The Balaban J connectivity index is 1.84. The number of amides is 1. The van der Waals surface area contributed by atoms with Gasteiger partial charge in [0.05, 0.1) is 5.92 Å². The van der Waals surface area contributed by atoms with Crippen LogP contribution in [0.5, 0.6) is 0 Å². The van der Waals surface area contributed by atoms with E-state index < -0.39 is 13.9 Å². The molecule has 3 aromatic rings. The number of hydrogen-bond acceptors (Lipinski definition) is 3. The van der Waals surface area contributed by atoms with Crippen LogP contribution in [-0.4, -0.2) is 17.0 Å². The monoisotopic (exact) mass is 483 g/mol. The maximum absolute atomic E-state index is 12.7. The second-order valence-electron chi connectivity index (χ2n) is 5.88. The van der Waals surface area contributed by atoms with Gasteiger partial charge in [-0.1, -0.05) is 39.7 Å². The molecule has 0 aliphatic rings. The van der Waals surface area contributed by atoms with Crippen molar-refractivity contribution in [3.63, 3.8) is 0 Å². The summed E-state index contributed by atoms with van der Waals surface area (Å²) in [6, 6.07) is 13.1. The topological polar surface area (TPSA) is 66.4 Å². The molecule has 8 heteroatoms. The van der Waals surface area contributed by atoms with E-state index in [1.54, 1.807) is 24.4 Å². The third kappa shape index (κ3) is 5.31. The Morgan fingerprint density at radius 2 is 2.15 bits per heavy atom. The highest BCUT2D eigenvalue weighted by Gasteiger charge is 2.25. The minimum Gasteiger partial charge on any atom is -0.346 e. The van der Waals surface area contributed by atoms with Crippen molar-refractivity contribution in [1.29, 1.82) is 0 Å². The summed E-state index contributed by atoms with van der Waals surface area (Å²) in [7, 11) is -2.83. The van der Waals surface area contributed by atoms with Gasteiger partial charge in [-0.15, -0.1) is 11.3 Å². The van der Waals surface area contributed by atoms with Crippen LogP contribution in [0.2, 0.25) is 5.02 Å². The number of benzene rings is 2. The van der Waals surface area contributed by atoms with Gasteiger partial charge in [-0.2, -0.15) is 0 Å². The van der Waals surface area contributed by atoms with Crippen LogP contribution in [0, 0.1) is 0 Å². The molecule has 1 aromatic heterocycles. The van der Waals surface area contributed by atoms with E-state index in [4.69, 9.17) is 11.6 Å². The van der Waals surface area contributed by atoms with Crippen LogP contribution >= 0.6 is 46.9 Å². The van der Waals surface area contributed by atoms with Gasteiger partial charge >= 0.3 is 0 Å². The molecular weight excluding hydrogens is 469 g/mol. The van der Waals surface area contributed by atoms with Gasteiger partial charge in [0.1, 0.15) is 0 Å². The third-order valence-electron chi connectivity index (χ3n) is 3.99. The first-order valence-corrected chi connectivity index (χ1v) is 11.7. The Labute approximate surface area is 174 Å². The zero-order valence-electron chi connectivity index (χ0n) is 14.0. The number of rotatable bonds is 6. The van der Waals surface area contributed by atoms with Gasteiger partial charge in [-0.05, 0) is 58.3 Å². The van der Waals surface area contributed by atoms with E-state index in [0.717, 1.165) is 25.7 Å². The summed E-state index contributed by atoms with van der Waals surface area (Å²) >= 11 is 11.0. The van der Waals surface area contributed by atoms with Crippen molar-refractivity contribution in [3.05, 3.63) is 74.7 Å². The molecular formula is C19H16BrClNO3PS. The average Bonchev–Trinajstić information content (AvgIpc) is 3.02. The van der Waals surface area contributed by atoms with E-state index in [1.165, 1.54) is 11.3 Å². The molecule has 2 atom stereocenters. The normalized spacial score (nSPS) is 13.7. The predicted molar refractivity (Wildman–Crippen MR) is 117 cm³/mol. The Hall–Kier alpha value is -1.43. The third-order valence-corrected chi connectivity index (χ3v) is 6.45. The molecule has 4 nitrogen and oxygen atoms in total. The standard InChI is InChI=1S/C19H16BrClNO3PS/c20-13-3-1-2-12(8-13)6-7-22-19(23)16(10-26(24)25)17-11-27-18-5-4-14(21)9-15(17)18/h1-9,11,16,26H,10H2,(H,22,23)(H,24,25)/b7-6+. The first kappa shape index (κ1) is 20.3. The van der Waals surface area contributed by atoms with Crippen molar-refractivity contribution in [2.24, 2.45) is 0 Å². The summed E-state index contributed by atoms with van der Waals surface area (Å²) in [6.07, 6.45) is 3.21. The van der Waals surface area contributed by atoms with E-state index in [1.807, 2.05) is 35.7 Å². The number of hydrogen-bond donors (Lipinski definition) is 2. The molecule has 0 saturated heterocycles. The summed E-state index contributed by atoms with van der Waals surface area (Å²) in [5, 5.41) is 5.98. The van der Waals surface area contributed by atoms with Crippen molar-refractivity contribution in [2.45, 2.75) is 5.92 Å². The Bertz CT molecular complexity index is 1040. The van der Waals surface area contributed by atoms with Gasteiger partial charge in [0.15, 0.2) is 8.03 Å². The van der Waals surface area contributed by atoms with Crippen molar-refractivity contribution >= 4 is 69.0 Å². The molecule has 0 aliphatic heterocycles. The van der Waals surface area contributed by atoms with Crippen molar-refractivity contribution in [3.8, 4) is 0 Å². The SMILES string of the molecule is O=C(N/C=C/c1cccc(Br)c1)C(C[PH](=O)O)c1csc2ccc(Cl)cc12. The zero-order chi connectivity index (χ0) is 19.4. The van der Waals surface area contributed by atoms with Crippen LogP contribution in [0.3, 0.4) is 0 Å². The molecule has 2 unspecified atom stereocenters. The summed E-state index contributed by atoms with van der Waals surface area (Å²) in [6.45, 7) is 0. The maximum Gasteiger partial charge on any atom is 0.232 e. The quantitative estimate of drug-likeness (QED) is 0.444.